The van der Waals surface area contributed by atoms with E-state index in [0.29, 0.717) is 19.4 Å². The van der Waals surface area contributed by atoms with E-state index in [1.165, 1.54) is 0 Å². The predicted octanol–water partition coefficient (Wildman–Crippen LogP) is 3.69. The zero-order valence-electron chi connectivity index (χ0n) is 12.0. The highest BCUT2D eigenvalue weighted by Crippen LogP contribution is 2.14. The molecule has 0 aromatic heterocycles. The van der Waals surface area contributed by atoms with Gasteiger partial charge in [0.1, 0.15) is 0 Å². The Morgan fingerprint density at radius 1 is 1.05 bits per heavy atom. The first-order chi connectivity index (χ1) is 10.3. The summed E-state index contributed by atoms with van der Waals surface area (Å²) in [5.74, 6) is -0.00492. The van der Waals surface area contributed by atoms with Gasteiger partial charge < -0.3 is 0 Å². The first-order valence-corrected chi connectivity index (χ1v) is 7.06. The van der Waals surface area contributed by atoms with Gasteiger partial charge in [-0.1, -0.05) is 54.6 Å². The normalized spacial score (nSPS) is 9.90. The number of benzene rings is 2. The predicted molar refractivity (Wildman–Crippen MR) is 86.6 cm³/mol. The van der Waals surface area contributed by atoms with Crippen LogP contribution in [0.3, 0.4) is 0 Å². The summed E-state index contributed by atoms with van der Waals surface area (Å²) in [5.41, 5.74) is 5.07. The SMILES string of the molecule is C=CCCC(=O)NN(Cc1ccccc1)c1ccccc1. The number of rotatable bonds is 7. The van der Waals surface area contributed by atoms with Crippen molar-refractivity contribution in [3.8, 4) is 0 Å². The molecule has 0 bridgehead atoms. The van der Waals surface area contributed by atoms with Gasteiger partial charge in [-0.2, -0.15) is 0 Å². The summed E-state index contributed by atoms with van der Waals surface area (Å²) in [6, 6.07) is 19.9. The molecule has 0 aliphatic heterocycles. The highest BCUT2D eigenvalue weighted by molar-refractivity contribution is 5.78. The van der Waals surface area contributed by atoms with E-state index in [-0.39, 0.29) is 5.91 Å². The number of carbonyl (C=O) groups excluding carboxylic acids is 1. The molecule has 1 amide bonds. The molecule has 2 rings (SSSR count). The van der Waals surface area contributed by atoms with Gasteiger partial charge in [-0.3, -0.25) is 15.2 Å². The molecule has 2 aromatic rings. The van der Waals surface area contributed by atoms with E-state index in [1.54, 1.807) is 6.08 Å². The number of hydrogen-bond donors (Lipinski definition) is 1. The topological polar surface area (TPSA) is 32.3 Å². The van der Waals surface area contributed by atoms with Crippen LogP contribution >= 0.6 is 0 Å². The molecule has 1 N–H and O–H groups in total. The number of carbonyl (C=O) groups is 1. The molecule has 2 aromatic carbocycles. The van der Waals surface area contributed by atoms with Crippen molar-refractivity contribution in [1.82, 2.24) is 5.43 Å². The minimum absolute atomic E-state index is 0.00492. The summed E-state index contributed by atoms with van der Waals surface area (Å²) >= 11 is 0. The lowest BCUT2D eigenvalue weighted by atomic mass is 10.2. The number of nitrogens with zero attached hydrogens (tertiary/aromatic N) is 1. The molecule has 0 saturated heterocycles. The van der Waals surface area contributed by atoms with E-state index in [1.807, 2.05) is 65.7 Å². The molecule has 0 saturated carbocycles. The van der Waals surface area contributed by atoms with Crippen LogP contribution in [0.1, 0.15) is 18.4 Å². The van der Waals surface area contributed by atoms with Crippen molar-refractivity contribution in [2.45, 2.75) is 19.4 Å². The Morgan fingerprint density at radius 2 is 1.67 bits per heavy atom. The Morgan fingerprint density at radius 3 is 2.29 bits per heavy atom. The molecule has 0 unspecified atom stereocenters. The van der Waals surface area contributed by atoms with Crippen molar-refractivity contribution in [2.24, 2.45) is 0 Å². The molecule has 3 nitrogen and oxygen atoms in total. The van der Waals surface area contributed by atoms with Crippen LogP contribution in [-0.2, 0) is 11.3 Å². The fourth-order valence-electron chi connectivity index (χ4n) is 2.01. The Bertz CT molecular complexity index is 566. The summed E-state index contributed by atoms with van der Waals surface area (Å²) < 4.78 is 0. The number of para-hydroxylation sites is 1. The van der Waals surface area contributed by atoms with Gasteiger partial charge in [0.25, 0.3) is 0 Å². The number of anilines is 1. The standard InChI is InChI=1S/C18H20N2O/c1-2-3-14-18(21)19-20(17-12-8-5-9-13-17)15-16-10-6-4-7-11-16/h2,4-13H,1,3,14-15H2,(H,19,21). The maximum absolute atomic E-state index is 12.0. The fraction of sp³-hybridized carbons (Fsp3) is 0.167. The molecule has 0 spiro atoms. The zero-order chi connectivity index (χ0) is 14.9. The van der Waals surface area contributed by atoms with Crippen molar-refractivity contribution < 1.29 is 4.79 Å². The molecular formula is C18H20N2O. The first-order valence-electron chi connectivity index (χ1n) is 7.06. The average Bonchev–Trinajstić information content (AvgIpc) is 2.54. The first kappa shape index (κ1) is 14.9. The molecule has 0 fully saturated rings. The second-order valence-corrected chi connectivity index (χ2v) is 4.77. The summed E-state index contributed by atoms with van der Waals surface area (Å²) in [7, 11) is 0. The quantitative estimate of drug-likeness (QED) is 0.619. The van der Waals surface area contributed by atoms with Crippen LogP contribution in [0.25, 0.3) is 0 Å². The van der Waals surface area contributed by atoms with E-state index in [0.717, 1.165) is 11.3 Å². The van der Waals surface area contributed by atoms with Crippen LogP contribution in [-0.4, -0.2) is 5.91 Å². The molecule has 0 radical (unpaired) electrons. The zero-order valence-corrected chi connectivity index (χ0v) is 12.0. The van der Waals surface area contributed by atoms with Crippen LogP contribution in [0.2, 0.25) is 0 Å². The third-order valence-corrected chi connectivity index (χ3v) is 3.09. The van der Waals surface area contributed by atoms with Crippen molar-refractivity contribution in [3.05, 3.63) is 78.9 Å². The van der Waals surface area contributed by atoms with Crippen LogP contribution in [0.5, 0.6) is 0 Å². The van der Waals surface area contributed by atoms with Crippen molar-refractivity contribution in [1.29, 1.82) is 0 Å². The van der Waals surface area contributed by atoms with E-state index in [2.05, 4.69) is 12.0 Å². The summed E-state index contributed by atoms with van der Waals surface area (Å²) in [6.45, 7) is 4.27. The van der Waals surface area contributed by atoms with Gasteiger partial charge in [0.05, 0.1) is 12.2 Å². The fourth-order valence-corrected chi connectivity index (χ4v) is 2.01. The van der Waals surface area contributed by atoms with Crippen molar-refractivity contribution in [2.75, 3.05) is 5.01 Å². The number of nitrogens with one attached hydrogen (secondary N) is 1. The summed E-state index contributed by atoms with van der Waals surface area (Å²) in [6.07, 6.45) is 2.88. The van der Waals surface area contributed by atoms with Crippen LogP contribution in [0.4, 0.5) is 5.69 Å². The highest BCUT2D eigenvalue weighted by atomic mass is 16.2. The molecule has 3 heteroatoms. The minimum Gasteiger partial charge on any atom is -0.281 e. The van der Waals surface area contributed by atoms with Crippen LogP contribution in [0.15, 0.2) is 73.3 Å². The molecule has 0 aliphatic rings. The van der Waals surface area contributed by atoms with E-state index < -0.39 is 0 Å². The van der Waals surface area contributed by atoms with Crippen molar-refractivity contribution >= 4 is 11.6 Å². The minimum atomic E-state index is -0.00492. The summed E-state index contributed by atoms with van der Waals surface area (Å²) in [4.78, 5) is 12.0. The molecule has 0 atom stereocenters. The van der Waals surface area contributed by atoms with Gasteiger partial charge in [0.15, 0.2) is 0 Å². The molecular weight excluding hydrogens is 260 g/mol. The summed E-state index contributed by atoms with van der Waals surface area (Å²) in [5, 5.41) is 1.88. The van der Waals surface area contributed by atoms with Gasteiger partial charge in [-0.25, -0.2) is 0 Å². The van der Waals surface area contributed by atoms with E-state index >= 15 is 0 Å². The van der Waals surface area contributed by atoms with E-state index in [4.69, 9.17) is 0 Å². The lowest BCUT2D eigenvalue weighted by molar-refractivity contribution is -0.121. The Kier molecular flexibility index (Phi) is 5.59. The Labute approximate surface area is 125 Å². The number of hydrazine groups is 1. The van der Waals surface area contributed by atoms with Crippen molar-refractivity contribution in [3.63, 3.8) is 0 Å². The monoisotopic (exact) mass is 280 g/mol. The third kappa shape index (κ3) is 4.80. The molecule has 108 valence electrons. The number of amides is 1. The van der Waals surface area contributed by atoms with Gasteiger partial charge in [0, 0.05) is 6.42 Å². The Balaban J connectivity index is 2.11. The number of allylic oxidation sites excluding steroid dienone is 1. The average molecular weight is 280 g/mol. The lowest BCUT2D eigenvalue weighted by Crippen LogP contribution is -2.41. The van der Waals surface area contributed by atoms with E-state index in [9.17, 15) is 4.79 Å². The molecule has 0 aliphatic carbocycles. The maximum Gasteiger partial charge on any atom is 0.238 e. The highest BCUT2D eigenvalue weighted by Gasteiger charge is 2.10. The maximum atomic E-state index is 12.0. The van der Waals surface area contributed by atoms with Gasteiger partial charge in [0.2, 0.25) is 5.91 Å². The largest absolute Gasteiger partial charge is 0.281 e. The smallest absolute Gasteiger partial charge is 0.238 e. The third-order valence-electron chi connectivity index (χ3n) is 3.09. The van der Waals surface area contributed by atoms with Gasteiger partial charge >= 0.3 is 0 Å². The van der Waals surface area contributed by atoms with Gasteiger partial charge in [-0.15, -0.1) is 6.58 Å². The Hall–Kier alpha value is -2.55. The molecule has 21 heavy (non-hydrogen) atoms. The van der Waals surface area contributed by atoms with Crippen LogP contribution < -0.4 is 10.4 Å². The number of hydrogen-bond acceptors (Lipinski definition) is 2. The van der Waals surface area contributed by atoms with Gasteiger partial charge in [-0.05, 0) is 24.1 Å². The second-order valence-electron chi connectivity index (χ2n) is 4.77. The molecule has 0 heterocycles. The lowest BCUT2D eigenvalue weighted by Gasteiger charge is -2.25. The second kappa shape index (κ2) is 7.90. The van der Waals surface area contributed by atoms with Crippen LogP contribution in [0, 0.1) is 0 Å².